The molecule has 140 valence electrons. The summed E-state index contributed by atoms with van der Waals surface area (Å²) >= 11 is 1.63. The van der Waals surface area contributed by atoms with Gasteiger partial charge in [0, 0.05) is 47.2 Å². The summed E-state index contributed by atoms with van der Waals surface area (Å²) in [5.41, 5.74) is 10.1. The predicted octanol–water partition coefficient (Wildman–Crippen LogP) is 3.43. The molecule has 5 nitrogen and oxygen atoms in total. The molecule has 0 radical (unpaired) electrons. The summed E-state index contributed by atoms with van der Waals surface area (Å²) in [6.07, 6.45) is 1.91. The van der Waals surface area contributed by atoms with E-state index < -0.39 is 6.04 Å². The lowest BCUT2D eigenvalue weighted by atomic mass is 9.99. The fraction of sp³-hybridized carbons (Fsp3) is 0.250. The van der Waals surface area contributed by atoms with Gasteiger partial charge in [0.2, 0.25) is 5.91 Å². The van der Waals surface area contributed by atoms with Crippen LogP contribution in [0.3, 0.4) is 0 Å². The van der Waals surface area contributed by atoms with Crippen LogP contribution in [0.4, 0.5) is 4.39 Å². The molecule has 1 aliphatic rings. The number of carbonyl (C=O) groups excluding carboxylic acids is 1. The fourth-order valence-corrected chi connectivity index (χ4v) is 4.70. The lowest BCUT2D eigenvalue weighted by Gasteiger charge is -2.22. The Kier molecular flexibility index (Phi) is 4.67. The van der Waals surface area contributed by atoms with Crippen LogP contribution in [0.1, 0.15) is 18.5 Å². The smallest absolute Gasteiger partial charge is 0.238 e. The maximum absolute atomic E-state index is 13.4. The van der Waals surface area contributed by atoms with Crippen molar-refractivity contribution >= 4 is 28.8 Å². The lowest BCUT2D eigenvalue weighted by Crippen LogP contribution is -2.45. The number of aromatic amines is 1. The Hall–Kier alpha value is -2.35. The standard InChI is InChI=1S/C20H21FN4OS/c1-11-15-7-12(16-9-24-18-8-13(21)4-5-14(16)18)3-6-19(15)27-25(11)10-17(22)20(26)23-2/h3-9,11,17,24H,10,22H2,1-2H3,(H,23,26). The summed E-state index contributed by atoms with van der Waals surface area (Å²) in [5.74, 6) is -0.413. The van der Waals surface area contributed by atoms with Crippen molar-refractivity contribution in [1.29, 1.82) is 0 Å². The van der Waals surface area contributed by atoms with Crippen LogP contribution in [0.25, 0.3) is 22.0 Å². The minimum absolute atomic E-state index is 0.142. The number of benzene rings is 2. The van der Waals surface area contributed by atoms with Crippen molar-refractivity contribution in [2.45, 2.75) is 23.9 Å². The number of carbonyl (C=O) groups is 1. The number of fused-ring (bicyclic) bond motifs is 2. The third-order valence-corrected chi connectivity index (χ3v) is 6.29. The van der Waals surface area contributed by atoms with Crippen LogP contribution < -0.4 is 11.1 Å². The van der Waals surface area contributed by atoms with Gasteiger partial charge >= 0.3 is 0 Å². The van der Waals surface area contributed by atoms with Crippen molar-refractivity contribution in [2.24, 2.45) is 5.73 Å². The van der Waals surface area contributed by atoms with Gasteiger partial charge in [0.1, 0.15) is 5.82 Å². The number of aromatic nitrogens is 1. The molecule has 4 N–H and O–H groups in total. The summed E-state index contributed by atoms with van der Waals surface area (Å²) in [6, 6.07) is 10.7. The van der Waals surface area contributed by atoms with E-state index in [1.54, 1.807) is 25.1 Å². The molecule has 1 aliphatic heterocycles. The van der Waals surface area contributed by atoms with E-state index in [4.69, 9.17) is 5.73 Å². The summed E-state index contributed by atoms with van der Waals surface area (Å²) in [5, 5.41) is 3.59. The summed E-state index contributed by atoms with van der Waals surface area (Å²) in [4.78, 5) is 16.0. The van der Waals surface area contributed by atoms with Gasteiger partial charge < -0.3 is 16.0 Å². The first-order valence-corrected chi connectivity index (χ1v) is 9.58. The molecule has 0 bridgehead atoms. The van der Waals surface area contributed by atoms with E-state index in [1.165, 1.54) is 22.6 Å². The minimum atomic E-state index is -0.567. The van der Waals surface area contributed by atoms with Crippen molar-refractivity contribution in [1.82, 2.24) is 14.6 Å². The highest BCUT2D eigenvalue weighted by Gasteiger charge is 2.30. The molecule has 0 fully saturated rings. The number of likely N-dealkylation sites (N-methyl/N-ethyl adjacent to an activating group) is 1. The minimum Gasteiger partial charge on any atom is -0.360 e. The number of amides is 1. The first-order valence-electron chi connectivity index (χ1n) is 8.80. The Morgan fingerprint density at radius 3 is 2.96 bits per heavy atom. The van der Waals surface area contributed by atoms with Gasteiger partial charge in [-0.2, -0.15) is 0 Å². The van der Waals surface area contributed by atoms with E-state index in [-0.39, 0.29) is 17.8 Å². The normalized spacial score (nSPS) is 17.9. The number of nitrogens with two attached hydrogens (primary N) is 1. The van der Waals surface area contributed by atoms with Crippen molar-refractivity contribution in [3.8, 4) is 11.1 Å². The monoisotopic (exact) mass is 384 g/mol. The molecule has 0 spiro atoms. The van der Waals surface area contributed by atoms with Gasteiger partial charge in [-0.3, -0.25) is 4.79 Å². The van der Waals surface area contributed by atoms with Gasteiger partial charge in [-0.1, -0.05) is 6.07 Å². The number of halogens is 1. The zero-order valence-corrected chi connectivity index (χ0v) is 15.9. The van der Waals surface area contributed by atoms with Crippen molar-refractivity contribution < 1.29 is 9.18 Å². The van der Waals surface area contributed by atoms with Crippen LogP contribution in [0.15, 0.2) is 47.5 Å². The SMILES string of the molecule is CNC(=O)C(N)CN1Sc2ccc(-c3c[nH]c4cc(F)ccc34)cc2C1C. The Morgan fingerprint density at radius 1 is 1.37 bits per heavy atom. The number of nitrogens with zero attached hydrogens (tertiary/aromatic N) is 1. The van der Waals surface area contributed by atoms with Crippen LogP contribution in [0.2, 0.25) is 0 Å². The first-order chi connectivity index (χ1) is 13.0. The number of H-pyrrole nitrogens is 1. The first kappa shape index (κ1) is 18.0. The van der Waals surface area contributed by atoms with Gasteiger partial charge in [-0.25, -0.2) is 8.70 Å². The molecule has 4 rings (SSSR count). The van der Waals surface area contributed by atoms with Gasteiger partial charge in [0.25, 0.3) is 0 Å². The van der Waals surface area contributed by atoms with Gasteiger partial charge in [0.15, 0.2) is 0 Å². The number of nitrogens with one attached hydrogen (secondary N) is 2. The van der Waals surface area contributed by atoms with Crippen molar-refractivity contribution in [3.05, 3.63) is 54.0 Å². The Morgan fingerprint density at radius 2 is 2.19 bits per heavy atom. The lowest BCUT2D eigenvalue weighted by molar-refractivity contribution is -0.122. The molecule has 0 saturated heterocycles. The second kappa shape index (κ2) is 6.99. The van der Waals surface area contributed by atoms with E-state index in [2.05, 4.69) is 39.7 Å². The molecular formula is C20H21FN4OS. The average molecular weight is 384 g/mol. The molecule has 27 heavy (non-hydrogen) atoms. The van der Waals surface area contributed by atoms with E-state index in [9.17, 15) is 9.18 Å². The highest BCUT2D eigenvalue weighted by Crippen LogP contribution is 2.45. The largest absolute Gasteiger partial charge is 0.360 e. The molecule has 2 atom stereocenters. The Labute approximate surface area is 161 Å². The second-order valence-corrected chi connectivity index (χ2v) is 7.82. The highest BCUT2D eigenvalue weighted by molar-refractivity contribution is 7.97. The van der Waals surface area contributed by atoms with E-state index >= 15 is 0 Å². The number of hydrogen-bond donors (Lipinski definition) is 3. The third kappa shape index (κ3) is 3.22. The number of rotatable bonds is 4. The van der Waals surface area contributed by atoms with E-state index in [1.807, 2.05) is 6.20 Å². The Balaban J connectivity index is 1.63. The van der Waals surface area contributed by atoms with Crippen LogP contribution in [-0.2, 0) is 4.79 Å². The van der Waals surface area contributed by atoms with Gasteiger partial charge in [0.05, 0.1) is 6.04 Å². The maximum atomic E-state index is 13.4. The summed E-state index contributed by atoms with van der Waals surface area (Å²) in [6.45, 7) is 2.59. The van der Waals surface area contributed by atoms with E-state index in [0.717, 1.165) is 22.0 Å². The van der Waals surface area contributed by atoms with Gasteiger partial charge in [-0.05, 0) is 60.3 Å². The molecule has 0 saturated carbocycles. The maximum Gasteiger partial charge on any atom is 0.238 e. The average Bonchev–Trinajstić information content (AvgIpc) is 3.21. The summed E-state index contributed by atoms with van der Waals surface area (Å²) < 4.78 is 15.6. The molecule has 7 heteroatoms. The van der Waals surface area contributed by atoms with Crippen LogP contribution in [0.5, 0.6) is 0 Å². The molecular weight excluding hydrogens is 363 g/mol. The summed E-state index contributed by atoms with van der Waals surface area (Å²) in [7, 11) is 1.59. The second-order valence-electron chi connectivity index (χ2n) is 6.73. The van der Waals surface area contributed by atoms with Crippen molar-refractivity contribution in [2.75, 3.05) is 13.6 Å². The molecule has 2 heterocycles. The van der Waals surface area contributed by atoms with Crippen LogP contribution >= 0.6 is 11.9 Å². The third-order valence-electron chi connectivity index (χ3n) is 5.02. The predicted molar refractivity (Wildman–Crippen MR) is 107 cm³/mol. The highest BCUT2D eigenvalue weighted by atomic mass is 32.2. The van der Waals surface area contributed by atoms with Crippen LogP contribution in [-0.4, -0.2) is 34.8 Å². The molecule has 2 aromatic carbocycles. The Bertz CT molecular complexity index is 1020. The molecule has 1 aromatic heterocycles. The fourth-order valence-electron chi connectivity index (χ4n) is 3.48. The molecule has 1 amide bonds. The van der Waals surface area contributed by atoms with E-state index in [0.29, 0.717) is 6.54 Å². The topological polar surface area (TPSA) is 74.2 Å². The van der Waals surface area contributed by atoms with Gasteiger partial charge in [-0.15, -0.1) is 0 Å². The quantitative estimate of drug-likeness (QED) is 0.603. The molecule has 3 aromatic rings. The molecule has 0 aliphatic carbocycles. The molecule has 2 unspecified atom stereocenters. The number of hydrogen-bond acceptors (Lipinski definition) is 4. The van der Waals surface area contributed by atoms with Crippen molar-refractivity contribution in [3.63, 3.8) is 0 Å². The zero-order valence-electron chi connectivity index (χ0n) is 15.1. The zero-order chi connectivity index (χ0) is 19.1. The van der Waals surface area contributed by atoms with Crippen LogP contribution in [0, 0.1) is 5.82 Å².